The Hall–Kier alpha value is -0.600. The minimum absolute atomic E-state index is 0.263. The van der Waals surface area contributed by atoms with Gasteiger partial charge in [-0.15, -0.1) is 0 Å². The minimum atomic E-state index is -3.07. The highest BCUT2D eigenvalue weighted by molar-refractivity contribution is 7.90. The van der Waals surface area contributed by atoms with Crippen LogP contribution in [0, 0.1) is 17.2 Å². The Morgan fingerprint density at radius 1 is 1.58 bits per heavy atom. The van der Waals surface area contributed by atoms with Crippen LogP contribution in [-0.2, 0) is 10.0 Å². The van der Waals surface area contributed by atoms with Crippen LogP contribution < -0.4 is 4.72 Å². The summed E-state index contributed by atoms with van der Waals surface area (Å²) in [4.78, 5) is 0. The third-order valence-electron chi connectivity index (χ3n) is 2.30. The Labute approximate surface area is 72.6 Å². The molecule has 0 saturated heterocycles. The molecule has 12 heavy (non-hydrogen) atoms. The molecule has 0 heterocycles. The number of rotatable bonds is 3. The predicted octanol–water partition coefficient (Wildman–Crippen LogP) is 0.228. The van der Waals surface area contributed by atoms with Crippen LogP contribution in [0.4, 0.5) is 0 Å². The van der Waals surface area contributed by atoms with E-state index >= 15 is 0 Å². The first-order valence-corrected chi connectivity index (χ1v) is 5.44. The molecule has 1 aliphatic carbocycles. The topological polar surface area (TPSA) is 70.0 Å². The van der Waals surface area contributed by atoms with Gasteiger partial charge in [0.15, 0.2) is 0 Å². The Bertz CT molecular complexity index is 285. The third-order valence-corrected chi connectivity index (χ3v) is 4.13. The van der Waals surface area contributed by atoms with Gasteiger partial charge in [-0.3, -0.25) is 0 Å². The van der Waals surface area contributed by atoms with Crippen molar-refractivity contribution in [3.8, 4) is 6.07 Å². The van der Waals surface area contributed by atoms with Gasteiger partial charge in [-0.2, -0.15) is 5.26 Å². The van der Waals surface area contributed by atoms with Gasteiger partial charge in [0.2, 0.25) is 10.0 Å². The zero-order chi connectivity index (χ0) is 9.19. The lowest BCUT2D eigenvalue weighted by Crippen LogP contribution is -2.41. The summed E-state index contributed by atoms with van der Waals surface area (Å²) in [6, 6.07) is 2.04. The van der Waals surface area contributed by atoms with Crippen molar-refractivity contribution in [1.82, 2.24) is 4.72 Å². The summed E-state index contributed by atoms with van der Waals surface area (Å²) >= 11 is 0. The summed E-state index contributed by atoms with van der Waals surface area (Å²) in [6.07, 6.45) is 1.75. The Balaban J connectivity index is 2.41. The second kappa shape index (κ2) is 3.42. The molecule has 1 N–H and O–H groups in total. The van der Waals surface area contributed by atoms with Crippen LogP contribution in [0.3, 0.4) is 0 Å². The Morgan fingerprint density at radius 3 is 2.58 bits per heavy atom. The molecule has 0 spiro atoms. The van der Waals surface area contributed by atoms with Crippen LogP contribution in [0.2, 0.25) is 0 Å². The summed E-state index contributed by atoms with van der Waals surface area (Å²) in [6.45, 7) is 0. The van der Waals surface area contributed by atoms with Crippen LogP contribution in [0.5, 0.6) is 0 Å². The van der Waals surface area contributed by atoms with Gasteiger partial charge < -0.3 is 0 Å². The van der Waals surface area contributed by atoms with E-state index in [1.165, 1.54) is 7.05 Å². The first-order chi connectivity index (χ1) is 5.60. The molecule has 0 amide bonds. The lowest BCUT2D eigenvalue weighted by Gasteiger charge is -2.32. The zero-order valence-electron chi connectivity index (χ0n) is 6.95. The highest BCUT2D eigenvalue weighted by Gasteiger charge is 2.37. The van der Waals surface area contributed by atoms with E-state index in [2.05, 4.69) is 4.72 Å². The summed E-state index contributed by atoms with van der Waals surface area (Å²) < 4.78 is 24.6. The maximum atomic E-state index is 11.1. The van der Waals surface area contributed by atoms with Gasteiger partial charge in [-0.1, -0.05) is 0 Å². The molecule has 0 aromatic rings. The standard InChI is InChI=1S/C7H12N2O2S/c1-9-12(10,11)7-4-6(5-7)2-3-8/h6-7,9H,2,4-5H2,1H3/t6-,7-. The SMILES string of the molecule is CNS(=O)(=O)[C@H]1C[C@H](CC#N)C1. The number of sulfonamides is 1. The van der Waals surface area contributed by atoms with Crippen molar-refractivity contribution < 1.29 is 8.42 Å². The van der Waals surface area contributed by atoms with E-state index in [1.807, 2.05) is 6.07 Å². The third kappa shape index (κ3) is 1.76. The smallest absolute Gasteiger partial charge is 0.214 e. The minimum Gasteiger partial charge on any atom is -0.218 e. The van der Waals surface area contributed by atoms with Crippen molar-refractivity contribution in [2.75, 3.05) is 7.05 Å². The molecule has 4 nitrogen and oxygen atoms in total. The maximum Gasteiger partial charge on any atom is 0.214 e. The van der Waals surface area contributed by atoms with Crippen LogP contribution in [0.1, 0.15) is 19.3 Å². The Morgan fingerprint density at radius 2 is 2.17 bits per heavy atom. The van der Waals surface area contributed by atoms with E-state index in [0.29, 0.717) is 25.2 Å². The summed E-state index contributed by atoms with van der Waals surface area (Å²) in [5.41, 5.74) is 0. The van der Waals surface area contributed by atoms with E-state index in [9.17, 15) is 8.42 Å². The average Bonchev–Trinajstić information content (AvgIpc) is 1.95. The molecule has 0 aliphatic heterocycles. The number of nitriles is 1. The molecule has 68 valence electrons. The molecule has 0 unspecified atom stereocenters. The van der Waals surface area contributed by atoms with E-state index in [0.717, 1.165) is 0 Å². The second-order valence-electron chi connectivity index (χ2n) is 3.07. The van der Waals surface area contributed by atoms with Crippen molar-refractivity contribution in [1.29, 1.82) is 5.26 Å². The second-order valence-corrected chi connectivity index (χ2v) is 5.24. The van der Waals surface area contributed by atoms with E-state index in [4.69, 9.17) is 5.26 Å². The lowest BCUT2D eigenvalue weighted by molar-refractivity contribution is 0.320. The molecule has 5 heteroatoms. The predicted molar refractivity (Wildman–Crippen MR) is 44.7 cm³/mol. The highest BCUT2D eigenvalue weighted by atomic mass is 32.2. The molecule has 1 rings (SSSR count). The van der Waals surface area contributed by atoms with Crippen LogP contribution in [0.25, 0.3) is 0 Å². The number of nitrogens with zero attached hydrogens (tertiary/aromatic N) is 1. The number of hydrogen-bond donors (Lipinski definition) is 1. The molecule has 0 atom stereocenters. The van der Waals surface area contributed by atoms with Gasteiger partial charge in [0.25, 0.3) is 0 Å². The van der Waals surface area contributed by atoms with Gasteiger partial charge in [-0.25, -0.2) is 13.1 Å². The van der Waals surface area contributed by atoms with E-state index in [1.54, 1.807) is 0 Å². The largest absolute Gasteiger partial charge is 0.218 e. The fourth-order valence-electron chi connectivity index (χ4n) is 1.39. The molecule has 0 radical (unpaired) electrons. The van der Waals surface area contributed by atoms with Gasteiger partial charge >= 0.3 is 0 Å². The zero-order valence-corrected chi connectivity index (χ0v) is 7.76. The average molecular weight is 188 g/mol. The molecular weight excluding hydrogens is 176 g/mol. The Kier molecular flexibility index (Phi) is 2.70. The summed E-state index contributed by atoms with van der Waals surface area (Å²) in [7, 11) is -1.65. The fourth-order valence-corrected chi connectivity index (χ4v) is 2.77. The van der Waals surface area contributed by atoms with E-state index < -0.39 is 10.0 Å². The van der Waals surface area contributed by atoms with Crippen LogP contribution in [0.15, 0.2) is 0 Å². The van der Waals surface area contributed by atoms with Crippen LogP contribution >= 0.6 is 0 Å². The summed E-state index contributed by atoms with van der Waals surface area (Å²) in [5, 5.41) is 8.07. The van der Waals surface area contributed by atoms with Crippen molar-refractivity contribution in [3.63, 3.8) is 0 Å². The number of nitrogens with one attached hydrogen (secondary N) is 1. The molecular formula is C7H12N2O2S. The highest BCUT2D eigenvalue weighted by Crippen LogP contribution is 2.34. The molecule has 1 saturated carbocycles. The van der Waals surface area contributed by atoms with Gasteiger partial charge in [-0.05, 0) is 25.8 Å². The maximum absolute atomic E-state index is 11.1. The van der Waals surface area contributed by atoms with Crippen molar-refractivity contribution in [2.45, 2.75) is 24.5 Å². The first kappa shape index (κ1) is 9.49. The molecule has 0 bridgehead atoms. The van der Waals surface area contributed by atoms with Gasteiger partial charge in [0.05, 0.1) is 11.3 Å². The normalized spacial score (nSPS) is 29.0. The van der Waals surface area contributed by atoms with Crippen molar-refractivity contribution in [3.05, 3.63) is 0 Å². The summed E-state index contributed by atoms with van der Waals surface area (Å²) in [5.74, 6) is 0.295. The molecule has 0 aromatic carbocycles. The van der Waals surface area contributed by atoms with Crippen molar-refractivity contribution in [2.24, 2.45) is 5.92 Å². The van der Waals surface area contributed by atoms with Gasteiger partial charge in [0, 0.05) is 6.42 Å². The van der Waals surface area contributed by atoms with Crippen molar-refractivity contribution >= 4 is 10.0 Å². The number of hydrogen-bond acceptors (Lipinski definition) is 3. The monoisotopic (exact) mass is 188 g/mol. The quantitative estimate of drug-likeness (QED) is 0.689. The van der Waals surface area contributed by atoms with Gasteiger partial charge in [0.1, 0.15) is 0 Å². The fraction of sp³-hybridized carbons (Fsp3) is 0.857. The lowest BCUT2D eigenvalue weighted by atomic mass is 9.83. The molecule has 1 aliphatic rings. The van der Waals surface area contributed by atoms with Crippen LogP contribution in [-0.4, -0.2) is 20.7 Å². The molecule has 0 aromatic heterocycles. The first-order valence-electron chi connectivity index (χ1n) is 3.89. The molecule has 1 fully saturated rings. The van der Waals surface area contributed by atoms with E-state index in [-0.39, 0.29) is 5.25 Å².